The molecule has 0 aliphatic carbocycles. The van der Waals surface area contributed by atoms with Gasteiger partial charge in [-0.2, -0.15) is 0 Å². The Morgan fingerprint density at radius 3 is 2.39 bits per heavy atom. The van der Waals surface area contributed by atoms with Gasteiger partial charge < -0.3 is 11.1 Å². The maximum absolute atomic E-state index is 13.2. The average Bonchev–Trinajstić information content (AvgIpc) is 2.82. The topological polar surface area (TPSA) is 84.2 Å². The van der Waals surface area contributed by atoms with Crippen LogP contribution in [0.4, 0.5) is 0 Å². The van der Waals surface area contributed by atoms with E-state index in [4.69, 9.17) is 5.73 Å². The Hall–Kier alpha value is -2.54. The molecule has 0 radical (unpaired) electrons. The zero-order valence-corrected chi connectivity index (χ0v) is 20.5. The molecule has 1 unspecified atom stereocenters. The zero-order chi connectivity index (χ0) is 22.8. The van der Waals surface area contributed by atoms with Gasteiger partial charge in [0.05, 0.1) is 12.5 Å². The highest BCUT2D eigenvalue weighted by molar-refractivity contribution is 7.98. The molecular formula is C26H32ClN3O2S. The Bertz CT molecular complexity index is 1040. The summed E-state index contributed by atoms with van der Waals surface area (Å²) < 4.78 is 3.05. The molecule has 176 valence electrons. The van der Waals surface area contributed by atoms with E-state index in [0.717, 1.165) is 41.5 Å². The van der Waals surface area contributed by atoms with E-state index in [1.165, 1.54) is 22.9 Å². The normalized spacial score (nSPS) is 11.5. The molecule has 7 heteroatoms. The van der Waals surface area contributed by atoms with Gasteiger partial charge in [-0.1, -0.05) is 73.0 Å². The van der Waals surface area contributed by atoms with Gasteiger partial charge in [0.15, 0.2) is 0 Å². The number of carbonyl (C=O) groups excluding carboxylic acids is 2. The van der Waals surface area contributed by atoms with Gasteiger partial charge in [-0.15, -0.1) is 12.4 Å². The molecule has 3 aromatic carbocycles. The molecule has 1 atom stereocenters. The van der Waals surface area contributed by atoms with E-state index in [1.54, 1.807) is 0 Å². The molecular weight excluding hydrogens is 454 g/mol. The summed E-state index contributed by atoms with van der Waals surface area (Å²) in [6.07, 6.45) is 3.46. The van der Waals surface area contributed by atoms with Gasteiger partial charge >= 0.3 is 0 Å². The number of nitrogens with two attached hydrogens (primary N) is 1. The van der Waals surface area contributed by atoms with Crippen LogP contribution in [0.3, 0.4) is 0 Å². The lowest BCUT2D eigenvalue weighted by Crippen LogP contribution is -2.30. The fourth-order valence-electron chi connectivity index (χ4n) is 3.61. The molecule has 0 aromatic heterocycles. The highest BCUT2D eigenvalue weighted by atomic mass is 35.5. The van der Waals surface area contributed by atoms with E-state index in [0.29, 0.717) is 6.54 Å². The van der Waals surface area contributed by atoms with Crippen LogP contribution >= 0.6 is 24.4 Å². The molecule has 0 saturated carbocycles. The van der Waals surface area contributed by atoms with Crippen molar-refractivity contribution in [1.82, 2.24) is 10.0 Å². The number of hydrogen-bond donors (Lipinski definition) is 3. The molecule has 0 saturated heterocycles. The molecule has 0 bridgehead atoms. The van der Waals surface area contributed by atoms with Gasteiger partial charge in [0.2, 0.25) is 11.8 Å². The number of rotatable bonds is 11. The number of benzene rings is 3. The predicted molar refractivity (Wildman–Crippen MR) is 140 cm³/mol. The van der Waals surface area contributed by atoms with Gasteiger partial charge in [0, 0.05) is 11.4 Å². The summed E-state index contributed by atoms with van der Waals surface area (Å²) in [5.41, 5.74) is 7.53. The van der Waals surface area contributed by atoms with Crippen molar-refractivity contribution in [2.75, 3.05) is 13.1 Å². The highest BCUT2D eigenvalue weighted by Crippen LogP contribution is 2.28. The summed E-state index contributed by atoms with van der Waals surface area (Å²) in [6, 6.07) is 22.6. The van der Waals surface area contributed by atoms with E-state index in [1.807, 2.05) is 43.3 Å². The summed E-state index contributed by atoms with van der Waals surface area (Å²) in [4.78, 5) is 25.4. The summed E-state index contributed by atoms with van der Waals surface area (Å²) in [6.45, 7) is 2.68. The lowest BCUT2D eigenvalue weighted by molar-refractivity contribution is -0.121. The average molecular weight is 486 g/mol. The van der Waals surface area contributed by atoms with Gasteiger partial charge in [0.25, 0.3) is 0 Å². The lowest BCUT2D eigenvalue weighted by atomic mass is 9.91. The molecule has 4 N–H and O–H groups in total. The van der Waals surface area contributed by atoms with Crippen LogP contribution in [-0.4, -0.2) is 24.9 Å². The monoisotopic (exact) mass is 485 g/mol. The molecule has 0 aliphatic rings. The SMILES string of the molecule is Cc1ccc(SNC(=O)C(CCCCCNC(=O)CN)c2ccc3ccccc3c2)cc1.Cl. The van der Waals surface area contributed by atoms with Crippen molar-refractivity contribution in [2.24, 2.45) is 5.73 Å². The second-order valence-electron chi connectivity index (χ2n) is 7.94. The smallest absolute Gasteiger partial charge is 0.237 e. The maximum atomic E-state index is 13.2. The van der Waals surface area contributed by atoms with Crippen molar-refractivity contribution in [3.63, 3.8) is 0 Å². The van der Waals surface area contributed by atoms with E-state index in [9.17, 15) is 9.59 Å². The van der Waals surface area contributed by atoms with Crippen molar-refractivity contribution < 1.29 is 9.59 Å². The molecule has 0 spiro atoms. The van der Waals surface area contributed by atoms with Crippen LogP contribution in [0.2, 0.25) is 0 Å². The Balaban J connectivity index is 0.00000385. The van der Waals surface area contributed by atoms with Crippen LogP contribution < -0.4 is 15.8 Å². The number of aryl methyl sites for hydroxylation is 1. The zero-order valence-electron chi connectivity index (χ0n) is 18.9. The van der Waals surface area contributed by atoms with Crippen LogP contribution in [0.15, 0.2) is 71.6 Å². The third-order valence-corrected chi connectivity index (χ3v) is 6.27. The first-order valence-corrected chi connectivity index (χ1v) is 11.9. The Kier molecular flexibility index (Phi) is 11.2. The molecule has 3 aromatic rings. The van der Waals surface area contributed by atoms with E-state index >= 15 is 0 Å². The number of carbonyl (C=O) groups is 2. The number of hydrogen-bond acceptors (Lipinski definition) is 4. The molecule has 33 heavy (non-hydrogen) atoms. The first-order valence-electron chi connectivity index (χ1n) is 11.1. The largest absolute Gasteiger partial charge is 0.355 e. The maximum Gasteiger partial charge on any atom is 0.237 e. The van der Waals surface area contributed by atoms with E-state index in [2.05, 4.69) is 40.4 Å². The van der Waals surface area contributed by atoms with E-state index < -0.39 is 0 Å². The summed E-state index contributed by atoms with van der Waals surface area (Å²) in [5, 5.41) is 5.10. The first kappa shape index (κ1) is 26.7. The van der Waals surface area contributed by atoms with Crippen LogP contribution in [0, 0.1) is 6.92 Å². The molecule has 0 heterocycles. The molecule has 3 rings (SSSR count). The lowest BCUT2D eigenvalue weighted by Gasteiger charge is -2.18. The third kappa shape index (κ3) is 8.39. The van der Waals surface area contributed by atoms with Crippen LogP contribution in [0.1, 0.15) is 42.7 Å². The van der Waals surface area contributed by atoms with Gasteiger partial charge in [-0.05, 0) is 60.2 Å². The van der Waals surface area contributed by atoms with Gasteiger partial charge in [-0.3, -0.25) is 14.3 Å². The number of halogens is 1. The van der Waals surface area contributed by atoms with Crippen molar-refractivity contribution >= 4 is 46.9 Å². The molecule has 0 aliphatic heterocycles. The minimum atomic E-state index is -0.226. The van der Waals surface area contributed by atoms with Crippen molar-refractivity contribution in [2.45, 2.75) is 43.4 Å². The summed E-state index contributed by atoms with van der Waals surface area (Å²) in [5.74, 6) is -0.343. The minimum absolute atomic E-state index is 0. The molecule has 5 nitrogen and oxygen atoms in total. The number of unbranched alkanes of at least 4 members (excludes halogenated alkanes) is 2. The van der Waals surface area contributed by atoms with Crippen molar-refractivity contribution in [1.29, 1.82) is 0 Å². The standard InChI is InChI=1S/C26H31N3O2S.ClH/c1-19-10-14-23(15-11-19)32-29-26(31)24(9-3-2-6-16-28-25(30)18-27)22-13-12-20-7-4-5-8-21(20)17-22;/h4-5,7-8,10-15,17,24H,2-3,6,9,16,18,27H2,1H3,(H,28,30)(H,29,31);1H. The quantitative estimate of drug-likeness (QED) is 0.260. The van der Waals surface area contributed by atoms with E-state index in [-0.39, 0.29) is 36.7 Å². The van der Waals surface area contributed by atoms with Crippen molar-refractivity contribution in [3.05, 3.63) is 77.9 Å². The predicted octanol–water partition coefficient (Wildman–Crippen LogP) is 5.11. The van der Waals surface area contributed by atoms with Crippen LogP contribution in [0.25, 0.3) is 10.8 Å². The molecule has 2 amide bonds. The van der Waals surface area contributed by atoms with Gasteiger partial charge in [-0.25, -0.2) is 0 Å². The Morgan fingerprint density at radius 1 is 0.939 bits per heavy atom. The minimum Gasteiger partial charge on any atom is -0.355 e. The second kappa shape index (κ2) is 13.9. The Morgan fingerprint density at radius 2 is 1.67 bits per heavy atom. The number of nitrogens with one attached hydrogen (secondary N) is 2. The first-order chi connectivity index (χ1) is 15.6. The second-order valence-corrected chi connectivity index (χ2v) is 8.82. The Labute approximate surface area is 206 Å². The van der Waals surface area contributed by atoms with Crippen molar-refractivity contribution in [3.8, 4) is 0 Å². The molecule has 0 fully saturated rings. The third-order valence-electron chi connectivity index (χ3n) is 5.46. The fourth-order valence-corrected chi connectivity index (χ4v) is 4.24. The fraction of sp³-hybridized carbons (Fsp3) is 0.308. The van der Waals surface area contributed by atoms with Crippen LogP contribution in [-0.2, 0) is 9.59 Å². The van der Waals surface area contributed by atoms with Gasteiger partial charge in [0.1, 0.15) is 0 Å². The summed E-state index contributed by atoms with van der Waals surface area (Å²) >= 11 is 1.36. The summed E-state index contributed by atoms with van der Waals surface area (Å²) in [7, 11) is 0. The van der Waals surface area contributed by atoms with Crippen LogP contribution in [0.5, 0.6) is 0 Å². The number of amides is 2. The number of fused-ring (bicyclic) bond motifs is 1. The highest BCUT2D eigenvalue weighted by Gasteiger charge is 2.21.